The molecule has 1 atom stereocenters. The molecular formula is C21H21FN2O4S. The monoisotopic (exact) mass is 416 g/mol. The van der Waals surface area contributed by atoms with Gasteiger partial charge in [0, 0.05) is 19.0 Å². The van der Waals surface area contributed by atoms with Crippen LogP contribution in [-0.2, 0) is 14.6 Å². The van der Waals surface area contributed by atoms with Gasteiger partial charge in [-0.25, -0.2) is 17.8 Å². The first-order chi connectivity index (χ1) is 13.9. The molecule has 1 aliphatic heterocycles. The van der Waals surface area contributed by atoms with E-state index in [-0.39, 0.29) is 10.8 Å². The first-order valence-corrected chi connectivity index (χ1v) is 11.0. The van der Waals surface area contributed by atoms with Crippen molar-refractivity contribution in [2.24, 2.45) is 0 Å². The number of para-hydroxylation sites is 2. The van der Waals surface area contributed by atoms with Crippen molar-refractivity contribution in [3.05, 3.63) is 60.2 Å². The molecule has 1 unspecified atom stereocenters. The van der Waals surface area contributed by atoms with Crippen molar-refractivity contribution in [2.45, 2.75) is 35.8 Å². The fourth-order valence-electron chi connectivity index (χ4n) is 3.63. The molecule has 0 N–H and O–H groups in total. The zero-order valence-electron chi connectivity index (χ0n) is 15.9. The van der Waals surface area contributed by atoms with Crippen LogP contribution >= 0.6 is 0 Å². The van der Waals surface area contributed by atoms with E-state index in [2.05, 4.69) is 4.98 Å². The zero-order chi connectivity index (χ0) is 20.6. The minimum Gasteiger partial charge on any atom is -0.440 e. The van der Waals surface area contributed by atoms with Gasteiger partial charge in [-0.2, -0.15) is 0 Å². The molecule has 6 nitrogen and oxygen atoms in total. The first-order valence-electron chi connectivity index (χ1n) is 9.50. The highest BCUT2D eigenvalue weighted by molar-refractivity contribution is 7.92. The fourth-order valence-corrected chi connectivity index (χ4v) is 4.97. The molecule has 1 aliphatic rings. The van der Waals surface area contributed by atoms with Gasteiger partial charge in [0.1, 0.15) is 16.6 Å². The lowest BCUT2D eigenvalue weighted by molar-refractivity contribution is -0.131. The second kappa shape index (κ2) is 7.59. The van der Waals surface area contributed by atoms with Crippen LogP contribution in [0.15, 0.2) is 57.8 Å². The van der Waals surface area contributed by atoms with Crippen molar-refractivity contribution in [2.75, 3.05) is 13.1 Å². The summed E-state index contributed by atoms with van der Waals surface area (Å²) in [7, 11) is -3.88. The maximum absolute atomic E-state index is 13.1. The summed E-state index contributed by atoms with van der Waals surface area (Å²) in [5, 5.41) is -1.23. The number of benzene rings is 2. The normalized spacial score (nSPS) is 16.8. The minimum absolute atomic E-state index is 0.0545. The number of nitrogens with zero attached hydrogens (tertiary/aromatic N) is 2. The van der Waals surface area contributed by atoms with Crippen LogP contribution in [0.3, 0.4) is 0 Å². The van der Waals surface area contributed by atoms with Crippen molar-refractivity contribution in [3.8, 4) is 0 Å². The average Bonchev–Trinajstić information content (AvgIpc) is 3.17. The Balaban J connectivity index is 1.43. The summed E-state index contributed by atoms with van der Waals surface area (Å²) in [4.78, 5) is 18.9. The molecule has 2 heterocycles. The summed E-state index contributed by atoms with van der Waals surface area (Å²) in [6, 6.07) is 12.1. The van der Waals surface area contributed by atoms with Gasteiger partial charge in [-0.15, -0.1) is 0 Å². The van der Waals surface area contributed by atoms with Crippen molar-refractivity contribution >= 4 is 26.8 Å². The Kier molecular flexibility index (Phi) is 5.12. The maximum atomic E-state index is 13.1. The predicted molar refractivity (Wildman–Crippen MR) is 106 cm³/mol. The fraction of sp³-hybridized carbons (Fsp3) is 0.333. The summed E-state index contributed by atoms with van der Waals surface area (Å²) >= 11 is 0. The van der Waals surface area contributed by atoms with Crippen LogP contribution in [0.5, 0.6) is 0 Å². The zero-order valence-corrected chi connectivity index (χ0v) is 16.7. The molecule has 1 fully saturated rings. The highest BCUT2D eigenvalue weighted by atomic mass is 32.2. The third-order valence-electron chi connectivity index (χ3n) is 5.42. The number of fused-ring (bicyclic) bond motifs is 1. The number of hydrogen-bond donors (Lipinski definition) is 0. The van der Waals surface area contributed by atoms with Crippen molar-refractivity contribution in [1.82, 2.24) is 9.88 Å². The predicted octanol–water partition coefficient (Wildman–Crippen LogP) is 3.54. The number of piperidine rings is 1. The highest BCUT2D eigenvalue weighted by Gasteiger charge is 2.35. The molecule has 3 aromatic rings. The Labute approximate surface area is 168 Å². The number of amides is 1. The molecule has 0 spiro atoms. The molecule has 0 bridgehead atoms. The van der Waals surface area contributed by atoms with Gasteiger partial charge in [-0.05, 0) is 56.2 Å². The van der Waals surface area contributed by atoms with Crippen molar-refractivity contribution in [1.29, 1.82) is 0 Å². The Hall–Kier alpha value is -2.74. The molecule has 152 valence electrons. The lowest BCUT2D eigenvalue weighted by atomic mass is 9.96. The van der Waals surface area contributed by atoms with Gasteiger partial charge in [0.15, 0.2) is 21.3 Å². The number of likely N-dealkylation sites (tertiary alicyclic amines) is 1. The van der Waals surface area contributed by atoms with Gasteiger partial charge in [0.2, 0.25) is 5.91 Å². The quantitative estimate of drug-likeness (QED) is 0.608. The lowest BCUT2D eigenvalue weighted by Crippen LogP contribution is -2.45. The van der Waals surface area contributed by atoms with E-state index in [0.29, 0.717) is 31.8 Å². The molecule has 0 aliphatic carbocycles. The topological polar surface area (TPSA) is 80.5 Å². The standard InChI is InChI=1S/C21H21FN2O4S/c1-14(29(26,27)17-8-6-16(22)7-9-17)21(25)24-12-10-15(11-13-24)20-23-18-4-2-3-5-19(18)28-20/h2-9,14-15H,10-13H2,1H3. The number of sulfone groups is 1. The SMILES string of the molecule is CC(C(=O)N1CCC(c2nc3ccccc3o2)CC1)S(=O)(=O)c1ccc(F)cc1. The van der Waals surface area contributed by atoms with E-state index in [1.165, 1.54) is 19.1 Å². The second-order valence-electron chi connectivity index (χ2n) is 7.26. The molecule has 8 heteroatoms. The van der Waals surface area contributed by atoms with Gasteiger partial charge in [0.05, 0.1) is 4.90 Å². The summed E-state index contributed by atoms with van der Waals surface area (Å²) in [6.07, 6.45) is 1.31. The number of halogens is 1. The van der Waals surface area contributed by atoms with E-state index in [0.717, 1.165) is 23.2 Å². The van der Waals surface area contributed by atoms with Crippen LogP contribution in [0, 0.1) is 5.82 Å². The second-order valence-corrected chi connectivity index (χ2v) is 9.53. The van der Waals surface area contributed by atoms with Gasteiger partial charge in [-0.1, -0.05) is 12.1 Å². The number of hydrogen-bond acceptors (Lipinski definition) is 5. The molecule has 4 rings (SSSR count). The molecule has 0 radical (unpaired) electrons. The molecule has 1 aromatic heterocycles. The van der Waals surface area contributed by atoms with E-state index < -0.39 is 26.8 Å². The summed E-state index contributed by atoms with van der Waals surface area (Å²) in [6.45, 7) is 2.25. The van der Waals surface area contributed by atoms with Gasteiger partial charge < -0.3 is 9.32 Å². The van der Waals surface area contributed by atoms with Crippen LogP contribution < -0.4 is 0 Å². The van der Waals surface area contributed by atoms with Crippen LogP contribution in [0.4, 0.5) is 4.39 Å². The van der Waals surface area contributed by atoms with Crippen LogP contribution in [0.2, 0.25) is 0 Å². The van der Waals surface area contributed by atoms with Crippen molar-refractivity contribution in [3.63, 3.8) is 0 Å². The number of carbonyl (C=O) groups excluding carboxylic acids is 1. The Morgan fingerprint density at radius 1 is 1.14 bits per heavy atom. The van der Waals surface area contributed by atoms with E-state index in [4.69, 9.17) is 4.42 Å². The molecule has 29 heavy (non-hydrogen) atoms. The lowest BCUT2D eigenvalue weighted by Gasteiger charge is -2.32. The molecule has 1 amide bonds. The van der Waals surface area contributed by atoms with Crippen LogP contribution in [0.25, 0.3) is 11.1 Å². The number of carbonyl (C=O) groups is 1. The Morgan fingerprint density at radius 3 is 2.45 bits per heavy atom. The molecule has 2 aromatic carbocycles. The van der Waals surface area contributed by atoms with E-state index in [9.17, 15) is 17.6 Å². The highest BCUT2D eigenvalue weighted by Crippen LogP contribution is 2.30. The number of rotatable bonds is 4. The Bertz CT molecular complexity index is 1100. The van der Waals surface area contributed by atoms with Crippen LogP contribution in [-0.4, -0.2) is 42.5 Å². The third kappa shape index (κ3) is 3.76. The number of aromatic nitrogens is 1. The van der Waals surface area contributed by atoms with Gasteiger partial charge in [0.25, 0.3) is 0 Å². The largest absolute Gasteiger partial charge is 0.440 e. The summed E-state index contributed by atoms with van der Waals surface area (Å²) in [5.41, 5.74) is 1.54. The Morgan fingerprint density at radius 2 is 1.79 bits per heavy atom. The molecule has 1 saturated heterocycles. The van der Waals surface area contributed by atoms with Crippen molar-refractivity contribution < 1.29 is 22.0 Å². The summed E-state index contributed by atoms with van der Waals surface area (Å²) in [5.74, 6) is -0.213. The molecule has 0 saturated carbocycles. The van der Waals surface area contributed by atoms with E-state index >= 15 is 0 Å². The third-order valence-corrected chi connectivity index (χ3v) is 7.48. The van der Waals surface area contributed by atoms with Gasteiger partial charge >= 0.3 is 0 Å². The minimum atomic E-state index is -3.88. The maximum Gasteiger partial charge on any atom is 0.241 e. The first kappa shape index (κ1) is 19.6. The van der Waals surface area contributed by atoms with Crippen LogP contribution in [0.1, 0.15) is 31.6 Å². The van der Waals surface area contributed by atoms with Gasteiger partial charge in [-0.3, -0.25) is 4.79 Å². The molecular weight excluding hydrogens is 395 g/mol. The summed E-state index contributed by atoms with van der Waals surface area (Å²) < 4.78 is 44.4. The van der Waals surface area contributed by atoms with E-state index in [1.54, 1.807) is 4.90 Å². The van der Waals surface area contributed by atoms with E-state index in [1.807, 2.05) is 24.3 Å². The average molecular weight is 416 g/mol. The smallest absolute Gasteiger partial charge is 0.241 e. The number of oxazole rings is 1.